The molecular weight excluding hydrogens is 204 g/mol. The van der Waals surface area contributed by atoms with E-state index in [1.807, 2.05) is 18.2 Å². The van der Waals surface area contributed by atoms with Crippen molar-refractivity contribution in [1.82, 2.24) is 9.38 Å². The number of hydrogen-bond acceptors (Lipinski definition) is 3. The summed E-state index contributed by atoms with van der Waals surface area (Å²) in [6, 6.07) is 5.58. The summed E-state index contributed by atoms with van der Waals surface area (Å²) in [5.41, 5.74) is 1.19. The lowest BCUT2D eigenvalue weighted by atomic mass is 10.2. The molecule has 0 aliphatic rings. The number of aldehydes is 1. The average molecular weight is 218 g/mol. The highest BCUT2D eigenvalue weighted by atomic mass is 16.5. The largest absolute Gasteiger partial charge is 0.476 e. The van der Waals surface area contributed by atoms with Gasteiger partial charge >= 0.3 is 0 Å². The van der Waals surface area contributed by atoms with Crippen molar-refractivity contribution in [2.45, 2.75) is 13.8 Å². The lowest BCUT2D eigenvalue weighted by molar-refractivity contribution is 0.111. The summed E-state index contributed by atoms with van der Waals surface area (Å²) in [5.74, 6) is 0.819. The SMILES string of the molecule is CC(C)COc1nc2ccccn2c1C=O. The molecule has 2 aromatic rings. The van der Waals surface area contributed by atoms with Crippen LogP contribution in [-0.4, -0.2) is 22.3 Å². The van der Waals surface area contributed by atoms with E-state index in [0.29, 0.717) is 24.1 Å². The molecule has 2 rings (SSSR count). The summed E-state index contributed by atoms with van der Waals surface area (Å²) in [6.07, 6.45) is 2.57. The topological polar surface area (TPSA) is 43.6 Å². The molecule has 0 aliphatic heterocycles. The second-order valence-corrected chi connectivity index (χ2v) is 4.05. The Hall–Kier alpha value is -1.84. The maximum absolute atomic E-state index is 11.0. The molecule has 4 nitrogen and oxygen atoms in total. The van der Waals surface area contributed by atoms with Gasteiger partial charge in [-0.05, 0) is 18.1 Å². The lowest BCUT2D eigenvalue weighted by Crippen LogP contribution is -2.06. The minimum atomic E-state index is 0.407. The monoisotopic (exact) mass is 218 g/mol. The molecule has 84 valence electrons. The fourth-order valence-electron chi connectivity index (χ4n) is 1.45. The fraction of sp³-hybridized carbons (Fsp3) is 0.333. The Labute approximate surface area is 93.9 Å². The molecule has 0 saturated carbocycles. The summed E-state index contributed by atoms with van der Waals surface area (Å²) in [5, 5.41) is 0. The third-order valence-corrected chi connectivity index (χ3v) is 2.20. The summed E-state index contributed by atoms with van der Waals surface area (Å²) in [4.78, 5) is 15.3. The molecule has 0 atom stereocenters. The van der Waals surface area contributed by atoms with Crippen molar-refractivity contribution in [3.63, 3.8) is 0 Å². The van der Waals surface area contributed by atoms with Crippen LogP contribution < -0.4 is 4.74 Å². The fourth-order valence-corrected chi connectivity index (χ4v) is 1.45. The van der Waals surface area contributed by atoms with E-state index in [1.54, 1.807) is 10.6 Å². The minimum absolute atomic E-state index is 0.407. The van der Waals surface area contributed by atoms with Gasteiger partial charge in [0.2, 0.25) is 5.88 Å². The standard InChI is InChI=1S/C12H14N2O2/c1-9(2)8-16-12-10(7-15)14-6-4-3-5-11(14)13-12/h3-7,9H,8H2,1-2H3. The van der Waals surface area contributed by atoms with Crippen molar-refractivity contribution in [2.24, 2.45) is 5.92 Å². The maximum Gasteiger partial charge on any atom is 0.243 e. The molecule has 0 aromatic carbocycles. The van der Waals surface area contributed by atoms with Crippen molar-refractivity contribution >= 4 is 11.9 Å². The van der Waals surface area contributed by atoms with E-state index in [-0.39, 0.29) is 0 Å². The minimum Gasteiger partial charge on any atom is -0.476 e. The maximum atomic E-state index is 11.0. The first-order valence-corrected chi connectivity index (χ1v) is 5.27. The van der Waals surface area contributed by atoms with Crippen LogP contribution in [0.15, 0.2) is 24.4 Å². The normalized spacial score (nSPS) is 10.9. The molecule has 0 radical (unpaired) electrons. The Morgan fingerprint density at radius 1 is 1.50 bits per heavy atom. The van der Waals surface area contributed by atoms with Gasteiger partial charge in [-0.1, -0.05) is 19.9 Å². The lowest BCUT2D eigenvalue weighted by Gasteiger charge is -2.05. The second kappa shape index (κ2) is 4.35. The molecule has 2 aromatic heterocycles. The van der Waals surface area contributed by atoms with Crippen LogP contribution in [0.1, 0.15) is 24.3 Å². The molecular formula is C12H14N2O2. The molecule has 0 amide bonds. The number of nitrogens with zero attached hydrogens (tertiary/aromatic N) is 2. The number of hydrogen-bond donors (Lipinski definition) is 0. The summed E-state index contributed by atoms with van der Waals surface area (Å²) in [7, 11) is 0. The van der Waals surface area contributed by atoms with Crippen LogP contribution in [0, 0.1) is 5.92 Å². The summed E-state index contributed by atoms with van der Waals surface area (Å²) < 4.78 is 7.24. The number of aromatic nitrogens is 2. The van der Waals surface area contributed by atoms with Gasteiger partial charge in [0.1, 0.15) is 11.3 Å². The van der Waals surface area contributed by atoms with Gasteiger partial charge in [-0.25, -0.2) is 0 Å². The third kappa shape index (κ3) is 1.91. The molecule has 0 spiro atoms. The van der Waals surface area contributed by atoms with Crippen LogP contribution in [0.3, 0.4) is 0 Å². The van der Waals surface area contributed by atoms with Gasteiger partial charge < -0.3 is 4.74 Å². The van der Waals surface area contributed by atoms with E-state index < -0.39 is 0 Å². The number of imidazole rings is 1. The van der Waals surface area contributed by atoms with Gasteiger partial charge in [-0.2, -0.15) is 4.98 Å². The average Bonchev–Trinajstić information content (AvgIpc) is 2.63. The third-order valence-electron chi connectivity index (χ3n) is 2.20. The smallest absolute Gasteiger partial charge is 0.243 e. The highest BCUT2D eigenvalue weighted by molar-refractivity contribution is 5.78. The zero-order valence-corrected chi connectivity index (χ0v) is 9.38. The molecule has 0 N–H and O–H groups in total. The van der Waals surface area contributed by atoms with Crippen LogP contribution >= 0.6 is 0 Å². The van der Waals surface area contributed by atoms with Crippen LogP contribution in [0.25, 0.3) is 5.65 Å². The van der Waals surface area contributed by atoms with E-state index >= 15 is 0 Å². The number of carbonyl (C=O) groups is 1. The Balaban J connectivity index is 2.40. The van der Waals surface area contributed by atoms with Crippen molar-refractivity contribution < 1.29 is 9.53 Å². The molecule has 4 heteroatoms. The quantitative estimate of drug-likeness (QED) is 0.739. The van der Waals surface area contributed by atoms with E-state index in [2.05, 4.69) is 18.8 Å². The highest BCUT2D eigenvalue weighted by Gasteiger charge is 2.12. The van der Waals surface area contributed by atoms with E-state index in [9.17, 15) is 4.79 Å². The second-order valence-electron chi connectivity index (χ2n) is 4.05. The zero-order valence-electron chi connectivity index (χ0n) is 9.38. The molecule has 0 saturated heterocycles. The van der Waals surface area contributed by atoms with Gasteiger partial charge in [-0.15, -0.1) is 0 Å². The van der Waals surface area contributed by atoms with E-state index in [4.69, 9.17) is 4.74 Å². The van der Waals surface area contributed by atoms with Crippen LogP contribution in [0.4, 0.5) is 0 Å². The molecule has 16 heavy (non-hydrogen) atoms. The van der Waals surface area contributed by atoms with Crippen LogP contribution in [-0.2, 0) is 0 Å². The highest BCUT2D eigenvalue weighted by Crippen LogP contribution is 2.18. The van der Waals surface area contributed by atoms with Gasteiger partial charge in [0.05, 0.1) is 6.61 Å². The number of pyridine rings is 1. The van der Waals surface area contributed by atoms with Gasteiger partial charge in [-0.3, -0.25) is 9.20 Å². The van der Waals surface area contributed by atoms with Crippen molar-refractivity contribution in [1.29, 1.82) is 0 Å². The van der Waals surface area contributed by atoms with E-state index in [1.165, 1.54) is 0 Å². The van der Waals surface area contributed by atoms with Crippen LogP contribution in [0.2, 0.25) is 0 Å². The molecule has 0 unspecified atom stereocenters. The predicted octanol–water partition coefficient (Wildman–Crippen LogP) is 2.18. The molecule has 0 aliphatic carbocycles. The van der Waals surface area contributed by atoms with Crippen molar-refractivity contribution in [3.05, 3.63) is 30.1 Å². The first-order chi connectivity index (χ1) is 7.72. The number of ether oxygens (including phenoxy) is 1. The number of rotatable bonds is 4. The number of carbonyl (C=O) groups excluding carboxylic acids is 1. The zero-order chi connectivity index (χ0) is 11.5. The van der Waals surface area contributed by atoms with Gasteiger partial charge in [0, 0.05) is 6.20 Å². The molecule has 0 bridgehead atoms. The Kier molecular flexibility index (Phi) is 2.90. The first-order valence-electron chi connectivity index (χ1n) is 5.27. The van der Waals surface area contributed by atoms with Gasteiger partial charge in [0.25, 0.3) is 0 Å². The first kappa shape index (κ1) is 10.7. The molecule has 0 fully saturated rings. The summed E-state index contributed by atoms with van der Waals surface area (Å²) >= 11 is 0. The predicted molar refractivity (Wildman–Crippen MR) is 60.9 cm³/mol. The van der Waals surface area contributed by atoms with E-state index in [0.717, 1.165) is 11.9 Å². The number of fused-ring (bicyclic) bond motifs is 1. The molecule has 2 heterocycles. The van der Waals surface area contributed by atoms with Crippen LogP contribution in [0.5, 0.6) is 5.88 Å². The Bertz CT molecular complexity index is 503. The Morgan fingerprint density at radius 3 is 3.00 bits per heavy atom. The Morgan fingerprint density at radius 2 is 2.31 bits per heavy atom. The van der Waals surface area contributed by atoms with Crippen molar-refractivity contribution in [2.75, 3.05) is 6.61 Å². The van der Waals surface area contributed by atoms with Crippen molar-refractivity contribution in [3.8, 4) is 5.88 Å². The summed E-state index contributed by atoms with van der Waals surface area (Å²) in [6.45, 7) is 4.66. The van der Waals surface area contributed by atoms with Gasteiger partial charge in [0.15, 0.2) is 6.29 Å².